The lowest BCUT2D eigenvalue weighted by atomic mass is 9.99. The minimum absolute atomic E-state index is 0.231. The third-order valence-corrected chi connectivity index (χ3v) is 5.01. The van der Waals surface area contributed by atoms with E-state index in [1.807, 2.05) is 0 Å². The summed E-state index contributed by atoms with van der Waals surface area (Å²) >= 11 is 0. The van der Waals surface area contributed by atoms with E-state index in [1.54, 1.807) is 0 Å². The highest BCUT2D eigenvalue weighted by Crippen LogP contribution is 2.23. The fraction of sp³-hybridized carbons (Fsp3) is 0.800. The molecule has 12 heteroatoms. The van der Waals surface area contributed by atoms with Crippen LogP contribution in [0.3, 0.4) is 0 Å². The topological polar surface area (TPSA) is 167 Å². The number of carbonyl (C=O) groups is 2. The van der Waals surface area contributed by atoms with Gasteiger partial charge < -0.3 is 10.6 Å². The van der Waals surface area contributed by atoms with Crippen LogP contribution in [-0.4, -0.2) is 54.4 Å². The van der Waals surface area contributed by atoms with Crippen molar-refractivity contribution in [3.05, 3.63) is 0 Å². The molecule has 0 radical (unpaired) electrons. The summed E-state index contributed by atoms with van der Waals surface area (Å²) in [4.78, 5) is 22.7. The number of rotatable bonds is 8. The van der Waals surface area contributed by atoms with Crippen LogP contribution in [0.1, 0.15) is 33.6 Å². The Labute approximate surface area is 129 Å². The van der Waals surface area contributed by atoms with E-state index in [2.05, 4.69) is 10.6 Å². The molecule has 0 aromatic carbocycles. The zero-order valence-corrected chi connectivity index (χ0v) is 14.0. The maximum Gasteiger partial charge on any atom is 0.271 e. The maximum atomic E-state index is 11.5. The Balaban J connectivity index is 6.03. The van der Waals surface area contributed by atoms with E-state index in [4.69, 9.17) is 4.55 Å². The largest absolute Gasteiger partial charge is 0.332 e. The Morgan fingerprint density at radius 3 is 1.68 bits per heavy atom. The summed E-state index contributed by atoms with van der Waals surface area (Å²) in [7, 11) is -9.23. The number of hydrogen-bond acceptors (Lipinski definition) is 6. The van der Waals surface area contributed by atoms with Crippen molar-refractivity contribution in [3.8, 4) is 0 Å². The van der Waals surface area contributed by atoms with Gasteiger partial charge in [0.1, 0.15) is 10.9 Å². The molecule has 2 amide bonds. The molecule has 0 aliphatic heterocycles. The predicted molar refractivity (Wildman–Crippen MR) is 77.0 cm³/mol. The molecule has 22 heavy (non-hydrogen) atoms. The minimum atomic E-state index is -4.74. The summed E-state index contributed by atoms with van der Waals surface area (Å²) < 4.78 is 63.1. The predicted octanol–water partition coefficient (Wildman–Crippen LogP) is -1.10. The number of amides is 2. The van der Waals surface area contributed by atoms with E-state index in [9.17, 15) is 31.0 Å². The molecule has 1 unspecified atom stereocenters. The molecule has 0 bridgehead atoms. The first-order valence-corrected chi connectivity index (χ1v) is 9.33. The van der Waals surface area contributed by atoms with Gasteiger partial charge in [-0.2, -0.15) is 16.8 Å². The van der Waals surface area contributed by atoms with E-state index in [0.717, 1.165) is 13.8 Å². The van der Waals surface area contributed by atoms with Gasteiger partial charge in [0.05, 0.1) is 5.75 Å². The maximum absolute atomic E-state index is 11.5. The number of nitrogens with one attached hydrogen (secondary N) is 2. The van der Waals surface area contributed by atoms with Crippen molar-refractivity contribution in [3.63, 3.8) is 0 Å². The average molecular weight is 360 g/mol. The second-order valence-electron chi connectivity index (χ2n) is 4.78. The third-order valence-electron chi connectivity index (χ3n) is 2.83. The molecule has 4 N–H and O–H groups in total. The van der Waals surface area contributed by atoms with Gasteiger partial charge in [-0.3, -0.25) is 18.7 Å². The SMILES string of the molecule is CCC(C(CCS(=O)(=O)O)(NC(C)=O)NC(C)=O)S(=O)(=O)O. The highest BCUT2D eigenvalue weighted by atomic mass is 32.2. The van der Waals surface area contributed by atoms with Crippen LogP contribution < -0.4 is 10.6 Å². The Hall–Kier alpha value is -1.24. The standard InChI is InChI=1S/C10H20N2O8S2/c1-4-9(22(18,19)20)10(11-7(2)13,12-8(3)14)5-6-21(15,16)17/h9H,4-6H2,1-3H3,(H,11,13)(H,12,14)(H,15,16,17)(H,18,19,20). The van der Waals surface area contributed by atoms with Crippen molar-refractivity contribution in [2.45, 2.75) is 44.5 Å². The van der Waals surface area contributed by atoms with E-state index in [0.29, 0.717) is 0 Å². The zero-order chi connectivity index (χ0) is 17.8. The van der Waals surface area contributed by atoms with Crippen molar-refractivity contribution >= 4 is 32.1 Å². The monoisotopic (exact) mass is 360 g/mol. The first-order chi connectivity index (χ1) is 9.73. The summed E-state index contributed by atoms with van der Waals surface area (Å²) in [6, 6.07) is 0. The molecule has 130 valence electrons. The Kier molecular flexibility index (Phi) is 6.94. The lowest BCUT2D eigenvalue weighted by Gasteiger charge is -2.39. The van der Waals surface area contributed by atoms with Crippen LogP contribution in [0.25, 0.3) is 0 Å². The van der Waals surface area contributed by atoms with E-state index in [1.165, 1.54) is 6.92 Å². The molecular weight excluding hydrogens is 340 g/mol. The summed E-state index contributed by atoms with van der Waals surface area (Å²) in [5.74, 6) is -2.45. The molecule has 0 fully saturated rings. The van der Waals surface area contributed by atoms with Crippen molar-refractivity contribution in [1.82, 2.24) is 10.6 Å². The van der Waals surface area contributed by atoms with Crippen LogP contribution in [0.15, 0.2) is 0 Å². The average Bonchev–Trinajstić information content (AvgIpc) is 2.22. The summed E-state index contributed by atoms with van der Waals surface area (Å²) in [5.41, 5.74) is -2.07. The molecule has 1 atom stereocenters. The summed E-state index contributed by atoms with van der Waals surface area (Å²) in [5, 5.41) is 2.64. The first kappa shape index (κ1) is 20.8. The van der Waals surface area contributed by atoms with Crippen LogP contribution in [0.2, 0.25) is 0 Å². The van der Waals surface area contributed by atoms with Gasteiger partial charge in [0.2, 0.25) is 11.8 Å². The van der Waals surface area contributed by atoms with E-state index in [-0.39, 0.29) is 6.42 Å². The molecule has 0 aliphatic carbocycles. The molecule has 0 heterocycles. The lowest BCUT2D eigenvalue weighted by Crippen LogP contribution is -2.68. The molecule has 0 rings (SSSR count). The van der Waals surface area contributed by atoms with E-state index < -0.39 is 55.1 Å². The van der Waals surface area contributed by atoms with Gasteiger partial charge >= 0.3 is 0 Å². The van der Waals surface area contributed by atoms with Crippen LogP contribution in [0.4, 0.5) is 0 Å². The van der Waals surface area contributed by atoms with Crippen LogP contribution in [-0.2, 0) is 29.8 Å². The van der Waals surface area contributed by atoms with Crippen LogP contribution in [0, 0.1) is 0 Å². The summed E-state index contributed by atoms with van der Waals surface area (Å²) in [6.07, 6.45) is -0.881. The highest BCUT2D eigenvalue weighted by molar-refractivity contribution is 7.86. The van der Waals surface area contributed by atoms with Crippen molar-refractivity contribution < 1.29 is 35.5 Å². The van der Waals surface area contributed by atoms with Crippen LogP contribution in [0.5, 0.6) is 0 Å². The van der Waals surface area contributed by atoms with Crippen molar-refractivity contribution in [1.29, 1.82) is 0 Å². The molecule has 0 saturated carbocycles. The Bertz CT molecular complexity index is 609. The quantitative estimate of drug-likeness (QED) is 0.312. The Morgan fingerprint density at radius 1 is 1.05 bits per heavy atom. The normalized spacial score (nSPS) is 14.2. The molecule has 0 aromatic heterocycles. The van der Waals surface area contributed by atoms with Gasteiger partial charge in [-0.05, 0) is 6.42 Å². The van der Waals surface area contributed by atoms with Gasteiger partial charge in [0, 0.05) is 20.3 Å². The molecule has 0 aromatic rings. The summed E-state index contributed by atoms with van der Waals surface area (Å²) in [6.45, 7) is 3.42. The minimum Gasteiger partial charge on any atom is -0.332 e. The van der Waals surface area contributed by atoms with Gasteiger partial charge in [-0.1, -0.05) is 6.92 Å². The van der Waals surface area contributed by atoms with Gasteiger partial charge in [0.15, 0.2) is 0 Å². The van der Waals surface area contributed by atoms with Crippen molar-refractivity contribution in [2.75, 3.05) is 5.75 Å². The van der Waals surface area contributed by atoms with E-state index >= 15 is 0 Å². The van der Waals surface area contributed by atoms with Gasteiger partial charge in [-0.25, -0.2) is 0 Å². The molecule has 10 nitrogen and oxygen atoms in total. The zero-order valence-electron chi connectivity index (χ0n) is 12.4. The lowest BCUT2D eigenvalue weighted by molar-refractivity contribution is -0.125. The van der Waals surface area contributed by atoms with Gasteiger partial charge in [-0.15, -0.1) is 0 Å². The molecule has 0 aliphatic rings. The fourth-order valence-corrected chi connectivity index (χ4v) is 3.96. The van der Waals surface area contributed by atoms with Crippen LogP contribution >= 0.6 is 0 Å². The molecule has 0 saturated heterocycles. The molecule has 0 spiro atoms. The number of hydrogen-bond donors (Lipinski definition) is 4. The molecular formula is C10H20N2O8S2. The Morgan fingerprint density at radius 2 is 1.45 bits per heavy atom. The van der Waals surface area contributed by atoms with Crippen molar-refractivity contribution in [2.24, 2.45) is 0 Å². The smallest absolute Gasteiger partial charge is 0.271 e. The second-order valence-corrected chi connectivity index (χ2v) is 7.95. The van der Waals surface area contributed by atoms with Gasteiger partial charge in [0.25, 0.3) is 20.2 Å². The fourth-order valence-electron chi connectivity index (χ4n) is 2.21. The second kappa shape index (κ2) is 7.35. The first-order valence-electron chi connectivity index (χ1n) is 6.22. The number of carbonyl (C=O) groups excluding carboxylic acids is 2. The highest BCUT2D eigenvalue weighted by Gasteiger charge is 2.46. The third kappa shape index (κ3) is 6.68.